The molecule has 0 aliphatic heterocycles. The van der Waals surface area contributed by atoms with Crippen LogP contribution in [-0.2, 0) is 13.5 Å². The van der Waals surface area contributed by atoms with Crippen LogP contribution in [-0.4, -0.2) is 0 Å². The molecule has 0 radical (unpaired) electrons. The van der Waals surface area contributed by atoms with Gasteiger partial charge in [-0.05, 0) is 72.5 Å². The van der Waals surface area contributed by atoms with E-state index in [9.17, 15) is 0 Å². The summed E-state index contributed by atoms with van der Waals surface area (Å²) in [5.41, 5.74) is 8.44. The van der Waals surface area contributed by atoms with Crippen molar-refractivity contribution in [2.24, 2.45) is 13.0 Å². The van der Waals surface area contributed by atoms with E-state index < -0.39 is 0 Å². The van der Waals surface area contributed by atoms with Crippen molar-refractivity contribution in [2.75, 3.05) is 0 Å². The molecule has 158 valence electrons. The van der Waals surface area contributed by atoms with E-state index in [0.717, 1.165) is 39.6 Å². The first-order chi connectivity index (χ1) is 15.4. The number of aryl methyl sites for hydroxylation is 2. The van der Waals surface area contributed by atoms with E-state index in [-0.39, 0.29) is 0 Å². The molecule has 0 N–H and O–H groups in total. The summed E-state index contributed by atoms with van der Waals surface area (Å²) < 4.78 is 8.64. The first-order valence-corrected chi connectivity index (χ1v) is 11.1. The smallest absolute Gasteiger partial charge is 0.224 e. The van der Waals surface area contributed by atoms with Crippen molar-refractivity contribution in [2.45, 2.75) is 34.1 Å². The molecule has 0 aliphatic rings. The van der Waals surface area contributed by atoms with Gasteiger partial charge in [0.2, 0.25) is 5.69 Å². The van der Waals surface area contributed by atoms with E-state index in [1.807, 2.05) is 18.2 Å². The largest absolute Gasteiger partial charge is 0.455 e. The van der Waals surface area contributed by atoms with Crippen LogP contribution in [0.15, 0.2) is 59.1 Å². The minimum Gasteiger partial charge on any atom is -0.455 e. The Kier molecular flexibility index (Phi) is 4.75. The molecule has 0 aliphatic carbocycles. The Hall–Kier alpha value is -3.64. The maximum Gasteiger partial charge on any atom is 0.224 e. The van der Waals surface area contributed by atoms with Gasteiger partial charge in [0, 0.05) is 16.8 Å². The lowest BCUT2D eigenvalue weighted by Gasteiger charge is -2.12. The molecule has 2 heterocycles. The van der Waals surface area contributed by atoms with Crippen LogP contribution in [0.3, 0.4) is 0 Å². The van der Waals surface area contributed by atoms with Gasteiger partial charge in [0.25, 0.3) is 0 Å². The average molecular weight is 420 g/mol. The Morgan fingerprint density at radius 2 is 1.78 bits per heavy atom. The molecule has 0 unspecified atom stereocenters. The van der Waals surface area contributed by atoms with Crippen molar-refractivity contribution < 1.29 is 8.98 Å². The molecule has 0 saturated carbocycles. The lowest BCUT2D eigenvalue weighted by atomic mass is 9.92. The minimum atomic E-state index is 0.626. The van der Waals surface area contributed by atoms with E-state index in [1.54, 1.807) is 0 Å². The highest BCUT2D eigenvalue weighted by atomic mass is 16.3. The topological polar surface area (TPSA) is 21.4 Å². The van der Waals surface area contributed by atoms with Crippen molar-refractivity contribution in [1.29, 1.82) is 0 Å². The summed E-state index contributed by atoms with van der Waals surface area (Å²) in [6.45, 7) is 16.2. The third-order valence-electron chi connectivity index (χ3n) is 6.48. The van der Waals surface area contributed by atoms with Crippen LogP contribution in [0, 0.1) is 26.3 Å². The van der Waals surface area contributed by atoms with Crippen molar-refractivity contribution in [1.82, 2.24) is 0 Å². The first-order valence-electron chi connectivity index (χ1n) is 11.1. The number of furan rings is 1. The second-order valence-electron chi connectivity index (χ2n) is 9.26. The standard InChI is InChI=1S/C29H27N2O/c1-17(2)13-20-7-9-23-21(15-20)11-12-31(6)28(23)27-19(4)18(3)14-25-24-16-22(30-5)8-10-26(24)32-29(25)27/h7-12,14-17H,13H2,1-4,6H3/q+1. The third kappa shape index (κ3) is 3.15. The summed E-state index contributed by atoms with van der Waals surface area (Å²) >= 11 is 0. The Balaban J connectivity index is 1.87. The normalized spacial score (nSPS) is 11.7. The third-order valence-corrected chi connectivity index (χ3v) is 6.48. The van der Waals surface area contributed by atoms with Crippen LogP contribution < -0.4 is 4.57 Å². The Morgan fingerprint density at radius 1 is 0.969 bits per heavy atom. The maximum absolute atomic E-state index is 7.40. The molecule has 0 spiro atoms. The van der Waals surface area contributed by atoms with Crippen LogP contribution in [0.5, 0.6) is 0 Å². The van der Waals surface area contributed by atoms with Crippen molar-refractivity contribution in [3.8, 4) is 11.3 Å². The number of aromatic nitrogens is 1. The summed E-state index contributed by atoms with van der Waals surface area (Å²) in [5.74, 6) is 0.626. The molecule has 0 fully saturated rings. The number of nitrogens with zero attached hydrogens (tertiary/aromatic N) is 2. The fourth-order valence-corrected chi connectivity index (χ4v) is 4.81. The van der Waals surface area contributed by atoms with Crippen LogP contribution in [0.1, 0.15) is 30.5 Å². The summed E-state index contributed by atoms with van der Waals surface area (Å²) in [4.78, 5) is 3.62. The van der Waals surface area contributed by atoms with Gasteiger partial charge in [-0.3, -0.25) is 0 Å². The van der Waals surface area contributed by atoms with E-state index >= 15 is 0 Å². The monoisotopic (exact) mass is 419 g/mol. The van der Waals surface area contributed by atoms with E-state index in [0.29, 0.717) is 11.6 Å². The minimum absolute atomic E-state index is 0.626. The van der Waals surface area contributed by atoms with Gasteiger partial charge in [0.1, 0.15) is 18.2 Å². The highest BCUT2D eigenvalue weighted by Crippen LogP contribution is 2.41. The molecular formula is C29H27N2O+. The van der Waals surface area contributed by atoms with E-state index in [2.05, 4.69) is 80.7 Å². The van der Waals surface area contributed by atoms with Gasteiger partial charge in [-0.25, -0.2) is 9.41 Å². The number of rotatable bonds is 3. The summed E-state index contributed by atoms with van der Waals surface area (Å²) in [6.07, 6.45) is 3.22. The zero-order valence-corrected chi connectivity index (χ0v) is 19.3. The number of pyridine rings is 1. The molecule has 3 aromatic carbocycles. The van der Waals surface area contributed by atoms with Gasteiger partial charge in [0.05, 0.1) is 17.5 Å². The molecule has 5 aromatic rings. The number of hydrogen-bond donors (Lipinski definition) is 0. The molecule has 0 atom stereocenters. The average Bonchev–Trinajstić information content (AvgIpc) is 3.12. The second-order valence-corrected chi connectivity index (χ2v) is 9.26. The fraction of sp³-hybridized carbons (Fsp3) is 0.241. The van der Waals surface area contributed by atoms with Crippen molar-refractivity contribution in [3.63, 3.8) is 0 Å². The molecular weight excluding hydrogens is 392 g/mol. The van der Waals surface area contributed by atoms with Gasteiger partial charge in [-0.1, -0.05) is 32.0 Å². The van der Waals surface area contributed by atoms with Crippen molar-refractivity contribution in [3.05, 3.63) is 82.8 Å². The van der Waals surface area contributed by atoms with Crippen LogP contribution in [0.4, 0.5) is 5.69 Å². The zero-order valence-electron chi connectivity index (χ0n) is 19.3. The molecule has 0 bridgehead atoms. The highest BCUT2D eigenvalue weighted by Gasteiger charge is 2.24. The summed E-state index contributed by atoms with van der Waals surface area (Å²) in [6, 6.07) is 16.9. The number of fused-ring (bicyclic) bond motifs is 4. The van der Waals surface area contributed by atoms with Crippen molar-refractivity contribution >= 4 is 38.4 Å². The van der Waals surface area contributed by atoms with Gasteiger partial charge in [0.15, 0.2) is 11.9 Å². The predicted molar refractivity (Wildman–Crippen MR) is 132 cm³/mol. The second kappa shape index (κ2) is 7.50. The van der Waals surface area contributed by atoms with Crippen LogP contribution >= 0.6 is 0 Å². The molecule has 2 aromatic heterocycles. The van der Waals surface area contributed by atoms with Gasteiger partial charge >= 0.3 is 0 Å². The molecule has 0 amide bonds. The Morgan fingerprint density at radius 3 is 2.53 bits per heavy atom. The Labute approximate surface area is 188 Å². The fourth-order valence-electron chi connectivity index (χ4n) is 4.81. The predicted octanol–water partition coefficient (Wildman–Crippen LogP) is 7.60. The van der Waals surface area contributed by atoms with Crippen LogP contribution in [0.25, 0.3) is 48.8 Å². The van der Waals surface area contributed by atoms with E-state index in [4.69, 9.17) is 11.0 Å². The van der Waals surface area contributed by atoms with Crippen LogP contribution in [0.2, 0.25) is 0 Å². The summed E-state index contributed by atoms with van der Waals surface area (Å²) in [7, 11) is 2.10. The molecule has 0 saturated heterocycles. The lowest BCUT2D eigenvalue weighted by Crippen LogP contribution is -2.31. The number of hydrogen-bond acceptors (Lipinski definition) is 1. The molecule has 3 nitrogen and oxygen atoms in total. The molecule has 32 heavy (non-hydrogen) atoms. The highest BCUT2D eigenvalue weighted by molar-refractivity contribution is 6.13. The molecule has 3 heteroatoms. The Bertz CT molecular complexity index is 1560. The summed E-state index contributed by atoms with van der Waals surface area (Å²) in [5, 5.41) is 4.54. The maximum atomic E-state index is 7.40. The zero-order chi connectivity index (χ0) is 22.6. The van der Waals surface area contributed by atoms with Gasteiger partial charge in [-0.15, -0.1) is 0 Å². The lowest BCUT2D eigenvalue weighted by molar-refractivity contribution is -0.659. The number of benzene rings is 3. The molecule has 5 rings (SSSR count). The quantitative estimate of drug-likeness (QED) is 0.218. The first kappa shape index (κ1) is 20.3. The van der Waals surface area contributed by atoms with Gasteiger partial charge < -0.3 is 4.42 Å². The SMILES string of the molecule is [C-]#[N+]c1ccc2oc3c(-c4c5ccc(CC(C)C)cc5cc[n+]4C)c(C)c(C)cc3c2c1. The van der Waals surface area contributed by atoms with E-state index in [1.165, 1.54) is 27.5 Å². The van der Waals surface area contributed by atoms with Gasteiger partial charge in [-0.2, -0.15) is 0 Å².